The van der Waals surface area contributed by atoms with Gasteiger partial charge in [0.1, 0.15) is 5.82 Å². The van der Waals surface area contributed by atoms with Crippen molar-refractivity contribution in [3.8, 4) is 0 Å². The first-order chi connectivity index (χ1) is 11.2. The van der Waals surface area contributed by atoms with Crippen LogP contribution in [0.25, 0.3) is 0 Å². The molecule has 23 heavy (non-hydrogen) atoms. The second-order valence-corrected chi connectivity index (χ2v) is 6.20. The maximum Gasteiger partial charge on any atom is 0.256 e. The van der Waals surface area contributed by atoms with Gasteiger partial charge < -0.3 is 10.2 Å². The quantitative estimate of drug-likeness (QED) is 0.909. The van der Waals surface area contributed by atoms with Gasteiger partial charge in [0.05, 0.1) is 11.9 Å². The van der Waals surface area contributed by atoms with Gasteiger partial charge in [-0.05, 0) is 43.2 Å². The lowest BCUT2D eigenvalue weighted by Gasteiger charge is -2.22. The van der Waals surface area contributed by atoms with Crippen LogP contribution in [-0.4, -0.2) is 24.0 Å². The summed E-state index contributed by atoms with van der Waals surface area (Å²) in [5, 5.41) is 3.34. The Labute approximate surface area is 141 Å². The summed E-state index contributed by atoms with van der Waals surface area (Å²) in [6, 6.07) is 10.7. The van der Waals surface area contributed by atoms with E-state index in [9.17, 15) is 4.79 Å². The highest BCUT2D eigenvalue weighted by Gasteiger charge is 2.11. The highest BCUT2D eigenvalue weighted by atomic mass is 35.5. The summed E-state index contributed by atoms with van der Waals surface area (Å²) in [7, 11) is 0. The molecule has 0 bridgehead atoms. The fraction of sp³-hybridized carbons (Fsp3) is 0.333. The van der Waals surface area contributed by atoms with Crippen LogP contribution in [0.2, 0.25) is 5.02 Å². The number of anilines is 2. The van der Waals surface area contributed by atoms with E-state index in [2.05, 4.69) is 15.2 Å². The van der Waals surface area contributed by atoms with Crippen LogP contribution in [0.5, 0.6) is 0 Å². The van der Waals surface area contributed by atoms with Gasteiger partial charge in [0, 0.05) is 23.7 Å². The predicted octanol–water partition coefficient (Wildman–Crippen LogP) is 4.37. The summed E-state index contributed by atoms with van der Waals surface area (Å²) >= 11 is 5.91. The molecule has 2 aromatic rings. The Bertz CT molecular complexity index is 664. The molecular formula is C18H20ClN3O. The van der Waals surface area contributed by atoms with Crippen molar-refractivity contribution in [1.29, 1.82) is 0 Å². The molecule has 1 N–H and O–H groups in total. The standard InChI is InChI=1S/C18H20ClN3O/c19-15-7-5-6-14(12-15)18(23)21-17-9-8-16(13-20-17)22-10-3-1-2-4-11-22/h5-9,12-13H,1-4,10-11H2,(H,20,21,23). The van der Waals surface area contributed by atoms with Crippen molar-refractivity contribution >= 4 is 29.0 Å². The van der Waals surface area contributed by atoms with Crippen LogP contribution >= 0.6 is 11.6 Å². The monoisotopic (exact) mass is 329 g/mol. The van der Waals surface area contributed by atoms with E-state index in [1.54, 1.807) is 24.3 Å². The lowest BCUT2D eigenvalue weighted by Crippen LogP contribution is -2.24. The fourth-order valence-electron chi connectivity index (χ4n) is 2.79. The third-order valence-electron chi connectivity index (χ3n) is 4.05. The van der Waals surface area contributed by atoms with E-state index in [0.717, 1.165) is 18.8 Å². The summed E-state index contributed by atoms with van der Waals surface area (Å²) in [4.78, 5) is 18.9. The molecule has 3 rings (SSSR count). The molecule has 120 valence electrons. The predicted molar refractivity (Wildman–Crippen MR) is 94.3 cm³/mol. The molecule has 0 radical (unpaired) electrons. The number of nitrogens with zero attached hydrogens (tertiary/aromatic N) is 2. The summed E-state index contributed by atoms with van der Waals surface area (Å²) in [6.07, 6.45) is 6.90. The average Bonchev–Trinajstić information content (AvgIpc) is 2.85. The molecule has 1 amide bonds. The van der Waals surface area contributed by atoms with E-state index in [-0.39, 0.29) is 5.91 Å². The van der Waals surface area contributed by atoms with Gasteiger partial charge in [-0.2, -0.15) is 0 Å². The largest absolute Gasteiger partial charge is 0.370 e. The van der Waals surface area contributed by atoms with Gasteiger partial charge in [-0.25, -0.2) is 4.98 Å². The second-order valence-electron chi connectivity index (χ2n) is 5.77. The summed E-state index contributed by atoms with van der Waals surface area (Å²) < 4.78 is 0. The first kappa shape index (κ1) is 15.8. The average molecular weight is 330 g/mol. The molecule has 1 saturated heterocycles. The Hall–Kier alpha value is -2.07. The van der Waals surface area contributed by atoms with Gasteiger partial charge >= 0.3 is 0 Å². The number of rotatable bonds is 3. The zero-order valence-corrected chi connectivity index (χ0v) is 13.7. The maximum atomic E-state index is 12.2. The van der Waals surface area contributed by atoms with Crippen LogP contribution in [0.3, 0.4) is 0 Å². The zero-order chi connectivity index (χ0) is 16.1. The van der Waals surface area contributed by atoms with Crippen molar-refractivity contribution < 1.29 is 4.79 Å². The van der Waals surface area contributed by atoms with Crippen molar-refractivity contribution in [3.05, 3.63) is 53.2 Å². The van der Waals surface area contributed by atoms with Crippen molar-refractivity contribution in [2.75, 3.05) is 23.3 Å². The van der Waals surface area contributed by atoms with Crippen molar-refractivity contribution in [2.45, 2.75) is 25.7 Å². The first-order valence-electron chi connectivity index (χ1n) is 8.00. The number of hydrogen-bond donors (Lipinski definition) is 1. The minimum atomic E-state index is -0.206. The first-order valence-corrected chi connectivity index (χ1v) is 8.38. The molecule has 1 aromatic heterocycles. The molecule has 0 aliphatic carbocycles. The van der Waals surface area contributed by atoms with E-state index in [0.29, 0.717) is 16.4 Å². The number of benzene rings is 1. The van der Waals surface area contributed by atoms with Gasteiger partial charge in [0.2, 0.25) is 0 Å². The minimum absolute atomic E-state index is 0.206. The summed E-state index contributed by atoms with van der Waals surface area (Å²) in [5.41, 5.74) is 1.64. The van der Waals surface area contributed by atoms with E-state index in [4.69, 9.17) is 11.6 Å². The van der Waals surface area contributed by atoms with Gasteiger partial charge in [0.25, 0.3) is 5.91 Å². The molecule has 0 atom stereocenters. The van der Waals surface area contributed by atoms with E-state index in [1.165, 1.54) is 25.7 Å². The molecule has 1 aliphatic heterocycles. The fourth-order valence-corrected chi connectivity index (χ4v) is 2.98. The number of halogens is 1. The molecule has 2 heterocycles. The van der Waals surface area contributed by atoms with Crippen molar-refractivity contribution in [3.63, 3.8) is 0 Å². The molecule has 1 fully saturated rings. The number of nitrogens with one attached hydrogen (secondary N) is 1. The number of carbonyl (C=O) groups excluding carboxylic acids is 1. The Kier molecular flexibility index (Phi) is 5.13. The van der Waals surface area contributed by atoms with Crippen LogP contribution in [-0.2, 0) is 0 Å². The molecule has 1 aliphatic rings. The van der Waals surface area contributed by atoms with Crippen LogP contribution in [0.1, 0.15) is 36.0 Å². The molecule has 4 nitrogen and oxygen atoms in total. The Morgan fingerprint density at radius 2 is 1.87 bits per heavy atom. The minimum Gasteiger partial charge on any atom is -0.370 e. The maximum absolute atomic E-state index is 12.2. The zero-order valence-electron chi connectivity index (χ0n) is 13.0. The summed E-state index contributed by atoms with van der Waals surface area (Å²) in [5.74, 6) is 0.344. The SMILES string of the molecule is O=C(Nc1ccc(N2CCCCCC2)cn1)c1cccc(Cl)c1. The van der Waals surface area contributed by atoms with E-state index in [1.807, 2.05) is 18.3 Å². The highest BCUT2D eigenvalue weighted by molar-refractivity contribution is 6.31. The Morgan fingerprint density at radius 1 is 1.09 bits per heavy atom. The van der Waals surface area contributed by atoms with Crippen LogP contribution < -0.4 is 10.2 Å². The molecule has 0 unspecified atom stereocenters. The van der Waals surface area contributed by atoms with Gasteiger partial charge in [-0.1, -0.05) is 30.5 Å². The summed E-state index contributed by atoms with van der Waals surface area (Å²) in [6.45, 7) is 2.16. The number of aromatic nitrogens is 1. The topological polar surface area (TPSA) is 45.2 Å². The van der Waals surface area contributed by atoms with Crippen molar-refractivity contribution in [1.82, 2.24) is 4.98 Å². The molecule has 5 heteroatoms. The van der Waals surface area contributed by atoms with Gasteiger partial charge in [-0.3, -0.25) is 4.79 Å². The molecule has 0 saturated carbocycles. The van der Waals surface area contributed by atoms with E-state index >= 15 is 0 Å². The number of hydrogen-bond acceptors (Lipinski definition) is 3. The van der Waals surface area contributed by atoms with Crippen molar-refractivity contribution in [2.24, 2.45) is 0 Å². The third kappa shape index (κ3) is 4.23. The smallest absolute Gasteiger partial charge is 0.256 e. The number of amides is 1. The lowest BCUT2D eigenvalue weighted by molar-refractivity contribution is 0.102. The van der Waals surface area contributed by atoms with Crippen LogP contribution in [0, 0.1) is 0 Å². The molecular weight excluding hydrogens is 310 g/mol. The highest BCUT2D eigenvalue weighted by Crippen LogP contribution is 2.20. The van der Waals surface area contributed by atoms with Crippen LogP contribution in [0.4, 0.5) is 11.5 Å². The molecule has 0 spiro atoms. The van der Waals surface area contributed by atoms with Crippen LogP contribution in [0.15, 0.2) is 42.6 Å². The lowest BCUT2D eigenvalue weighted by atomic mass is 10.2. The third-order valence-corrected chi connectivity index (χ3v) is 4.28. The van der Waals surface area contributed by atoms with Gasteiger partial charge in [-0.15, -0.1) is 0 Å². The van der Waals surface area contributed by atoms with Gasteiger partial charge in [0.15, 0.2) is 0 Å². The number of pyridine rings is 1. The Morgan fingerprint density at radius 3 is 2.52 bits per heavy atom. The van der Waals surface area contributed by atoms with E-state index < -0.39 is 0 Å². The number of carbonyl (C=O) groups is 1. The Balaban J connectivity index is 1.66. The molecule has 1 aromatic carbocycles. The normalized spacial score (nSPS) is 15.1. The second kappa shape index (κ2) is 7.47.